The van der Waals surface area contributed by atoms with Crippen LogP contribution in [0.1, 0.15) is 23.7 Å². The van der Waals surface area contributed by atoms with Gasteiger partial charge in [0, 0.05) is 18.7 Å². The molecule has 160 valence electrons. The van der Waals surface area contributed by atoms with Gasteiger partial charge in [-0.15, -0.1) is 0 Å². The Morgan fingerprint density at radius 1 is 1.03 bits per heavy atom. The lowest BCUT2D eigenvalue weighted by atomic mass is 10.1. The molecule has 0 unspecified atom stereocenters. The molecule has 1 amide bonds. The molecule has 1 fully saturated rings. The van der Waals surface area contributed by atoms with Gasteiger partial charge in [0.1, 0.15) is 0 Å². The molecule has 0 spiro atoms. The molecule has 3 rings (SSSR count). The maximum absolute atomic E-state index is 13.0. The largest absolute Gasteiger partial charge is 0.447 e. The van der Waals surface area contributed by atoms with Crippen molar-refractivity contribution >= 4 is 21.7 Å². The minimum absolute atomic E-state index is 0.157. The van der Waals surface area contributed by atoms with Crippen molar-refractivity contribution in [2.45, 2.75) is 24.3 Å². The molecule has 2 aromatic carbocycles. The molecule has 1 aliphatic heterocycles. The summed E-state index contributed by atoms with van der Waals surface area (Å²) in [5.41, 5.74) is 1.49. The average Bonchev–Trinajstić information content (AvgIpc) is 2.77. The van der Waals surface area contributed by atoms with E-state index in [-0.39, 0.29) is 23.0 Å². The van der Waals surface area contributed by atoms with E-state index in [9.17, 15) is 18.0 Å². The Morgan fingerprint density at radius 2 is 1.67 bits per heavy atom. The van der Waals surface area contributed by atoms with Crippen molar-refractivity contribution in [3.05, 3.63) is 65.7 Å². The quantitative estimate of drug-likeness (QED) is 0.625. The number of aryl methyl sites for hydroxylation is 1. The maximum Gasteiger partial charge on any atom is 0.307 e. The molecule has 1 atom stereocenters. The highest BCUT2D eigenvalue weighted by atomic mass is 32.2. The topological polar surface area (TPSA) is 90.0 Å². The number of amides is 1. The summed E-state index contributed by atoms with van der Waals surface area (Å²) in [5, 5.41) is 0. The van der Waals surface area contributed by atoms with Crippen LogP contribution in [0.25, 0.3) is 0 Å². The summed E-state index contributed by atoms with van der Waals surface area (Å²) in [7, 11) is -3.63. The van der Waals surface area contributed by atoms with Crippen LogP contribution in [-0.4, -0.2) is 57.3 Å². The summed E-state index contributed by atoms with van der Waals surface area (Å²) in [6.45, 7) is 3.55. The highest BCUT2D eigenvalue weighted by Gasteiger charge is 2.31. The van der Waals surface area contributed by atoms with E-state index in [1.54, 1.807) is 47.4 Å². The number of carbonyl (C=O) groups excluding carboxylic acids is 2. The second kappa shape index (κ2) is 9.86. The highest BCUT2D eigenvalue weighted by Crippen LogP contribution is 2.22. The van der Waals surface area contributed by atoms with Crippen LogP contribution >= 0.6 is 0 Å². The average molecular weight is 432 g/mol. The molecule has 1 saturated heterocycles. The number of carbonyl (C=O) groups is 2. The van der Waals surface area contributed by atoms with Gasteiger partial charge < -0.3 is 14.4 Å². The smallest absolute Gasteiger partial charge is 0.307 e. The van der Waals surface area contributed by atoms with Gasteiger partial charge in [-0.2, -0.15) is 0 Å². The summed E-state index contributed by atoms with van der Waals surface area (Å²) >= 11 is 0. The first-order valence-corrected chi connectivity index (χ1v) is 11.4. The van der Waals surface area contributed by atoms with Crippen LogP contribution in [0.5, 0.6) is 0 Å². The third-order valence-corrected chi connectivity index (χ3v) is 6.59. The summed E-state index contributed by atoms with van der Waals surface area (Å²) in [5.74, 6) is -1.46. The molecule has 7 nitrogen and oxygen atoms in total. The highest BCUT2D eigenvalue weighted by molar-refractivity contribution is 7.91. The Balaban J connectivity index is 1.68. The Hall–Kier alpha value is -2.71. The predicted molar refractivity (Wildman–Crippen MR) is 111 cm³/mol. The molecule has 0 aromatic heterocycles. The molecular formula is C22H25NO6S. The lowest BCUT2D eigenvalue weighted by Gasteiger charge is -2.30. The number of benzene rings is 2. The third-order valence-electron chi connectivity index (χ3n) is 4.85. The minimum Gasteiger partial charge on any atom is -0.447 e. The van der Waals surface area contributed by atoms with Crippen LogP contribution in [-0.2, 0) is 28.9 Å². The number of nitrogens with zero attached hydrogens (tertiary/aromatic N) is 1. The van der Waals surface area contributed by atoms with E-state index in [0.29, 0.717) is 31.9 Å². The Kier molecular flexibility index (Phi) is 7.23. The zero-order valence-electron chi connectivity index (χ0n) is 16.8. The fourth-order valence-corrected chi connectivity index (χ4v) is 4.33. The molecule has 0 saturated carbocycles. The van der Waals surface area contributed by atoms with Crippen molar-refractivity contribution in [2.24, 2.45) is 0 Å². The van der Waals surface area contributed by atoms with E-state index in [2.05, 4.69) is 0 Å². The van der Waals surface area contributed by atoms with Gasteiger partial charge >= 0.3 is 5.97 Å². The molecule has 0 N–H and O–H groups in total. The van der Waals surface area contributed by atoms with Crippen molar-refractivity contribution in [3.8, 4) is 0 Å². The van der Waals surface area contributed by atoms with Crippen LogP contribution in [0.15, 0.2) is 59.5 Å². The standard InChI is InChI=1S/C22H25NO6S/c1-17-7-9-19(10-8-17)30(26,27)16-11-20(24)29-21(18-5-3-2-4-6-18)22(25)23-12-14-28-15-13-23/h2-10,21H,11-16H2,1H3/t21-/m1/s1. The van der Waals surface area contributed by atoms with E-state index in [1.807, 2.05) is 6.92 Å². The molecule has 0 aliphatic carbocycles. The van der Waals surface area contributed by atoms with Gasteiger partial charge in [0.2, 0.25) is 6.10 Å². The summed E-state index contributed by atoms with van der Waals surface area (Å²) in [4.78, 5) is 27.2. The van der Waals surface area contributed by atoms with Gasteiger partial charge in [-0.3, -0.25) is 9.59 Å². The second-order valence-electron chi connectivity index (χ2n) is 7.10. The number of esters is 1. The van der Waals surface area contributed by atoms with Crippen LogP contribution in [0.2, 0.25) is 0 Å². The van der Waals surface area contributed by atoms with Gasteiger partial charge in [-0.05, 0) is 19.1 Å². The van der Waals surface area contributed by atoms with Crippen molar-refractivity contribution in [1.82, 2.24) is 4.90 Å². The summed E-state index contributed by atoms with van der Waals surface area (Å²) in [6.07, 6.45) is -1.45. The second-order valence-corrected chi connectivity index (χ2v) is 9.21. The van der Waals surface area contributed by atoms with Gasteiger partial charge in [0.15, 0.2) is 9.84 Å². The number of ether oxygens (including phenoxy) is 2. The third kappa shape index (κ3) is 5.67. The summed E-state index contributed by atoms with van der Waals surface area (Å²) < 4.78 is 35.7. The fourth-order valence-electron chi connectivity index (χ4n) is 3.11. The molecule has 2 aromatic rings. The Bertz CT molecular complexity index is 966. The lowest BCUT2D eigenvalue weighted by Crippen LogP contribution is -2.44. The number of sulfone groups is 1. The van der Waals surface area contributed by atoms with Crippen LogP contribution < -0.4 is 0 Å². The van der Waals surface area contributed by atoms with Crippen molar-refractivity contribution in [3.63, 3.8) is 0 Å². The first-order chi connectivity index (χ1) is 14.4. The van der Waals surface area contributed by atoms with Crippen LogP contribution in [0.4, 0.5) is 0 Å². The first-order valence-electron chi connectivity index (χ1n) is 9.77. The van der Waals surface area contributed by atoms with Crippen LogP contribution in [0, 0.1) is 6.92 Å². The monoisotopic (exact) mass is 431 g/mol. The van der Waals surface area contributed by atoms with Crippen molar-refractivity contribution in [1.29, 1.82) is 0 Å². The van der Waals surface area contributed by atoms with E-state index in [1.165, 1.54) is 12.1 Å². The van der Waals surface area contributed by atoms with E-state index in [4.69, 9.17) is 9.47 Å². The van der Waals surface area contributed by atoms with E-state index >= 15 is 0 Å². The molecular weight excluding hydrogens is 406 g/mol. The molecule has 1 aliphatic rings. The predicted octanol–water partition coefficient (Wildman–Crippen LogP) is 2.30. The van der Waals surface area contributed by atoms with Crippen LogP contribution in [0.3, 0.4) is 0 Å². The van der Waals surface area contributed by atoms with E-state index in [0.717, 1.165) is 5.56 Å². The SMILES string of the molecule is Cc1ccc(S(=O)(=O)CCC(=O)O[C@@H](C(=O)N2CCOCC2)c2ccccc2)cc1. The van der Waals surface area contributed by atoms with Crippen molar-refractivity contribution in [2.75, 3.05) is 32.1 Å². The zero-order valence-corrected chi connectivity index (χ0v) is 17.6. The maximum atomic E-state index is 13.0. The van der Waals surface area contributed by atoms with Gasteiger partial charge in [0.25, 0.3) is 5.91 Å². The van der Waals surface area contributed by atoms with Gasteiger partial charge in [-0.25, -0.2) is 8.42 Å². The normalized spacial score (nSPS) is 15.4. The first kappa shape index (κ1) is 22.0. The Morgan fingerprint density at radius 3 is 2.30 bits per heavy atom. The number of morpholine rings is 1. The zero-order chi connectivity index (χ0) is 21.6. The van der Waals surface area contributed by atoms with E-state index < -0.39 is 21.9 Å². The summed E-state index contributed by atoms with van der Waals surface area (Å²) in [6, 6.07) is 15.2. The van der Waals surface area contributed by atoms with Gasteiger partial charge in [-0.1, -0.05) is 48.0 Å². The van der Waals surface area contributed by atoms with Gasteiger partial charge in [0.05, 0.1) is 30.3 Å². The Labute approximate surface area is 176 Å². The molecule has 30 heavy (non-hydrogen) atoms. The molecule has 0 bridgehead atoms. The molecule has 0 radical (unpaired) electrons. The lowest BCUT2D eigenvalue weighted by molar-refractivity contribution is -0.162. The van der Waals surface area contributed by atoms with Crippen molar-refractivity contribution < 1.29 is 27.5 Å². The minimum atomic E-state index is -3.63. The number of hydrogen-bond donors (Lipinski definition) is 0. The number of rotatable bonds is 7. The fraction of sp³-hybridized carbons (Fsp3) is 0.364. The molecule has 8 heteroatoms. The number of hydrogen-bond acceptors (Lipinski definition) is 6. The molecule has 1 heterocycles.